The quantitative estimate of drug-likeness (QED) is 0.876. The predicted octanol–water partition coefficient (Wildman–Crippen LogP) is 2.55. The first-order chi connectivity index (χ1) is 7.20. The van der Waals surface area contributed by atoms with Gasteiger partial charge in [-0.3, -0.25) is 0 Å². The van der Waals surface area contributed by atoms with Gasteiger partial charge < -0.3 is 5.73 Å². The van der Waals surface area contributed by atoms with Crippen LogP contribution in [-0.2, 0) is 0 Å². The average Bonchev–Trinajstić information content (AvgIpc) is 2.60. The van der Waals surface area contributed by atoms with Crippen molar-refractivity contribution in [2.24, 2.45) is 5.73 Å². The summed E-state index contributed by atoms with van der Waals surface area (Å²) in [4.78, 5) is 8.84. The van der Waals surface area contributed by atoms with E-state index in [0.717, 1.165) is 21.0 Å². The minimum absolute atomic E-state index is 0.239. The third-order valence-corrected chi connectivity index (χ3v) is 3.94. The molecular formula is C10H10ClN3S. The van der Waals surface area contributed by atoms with Crippen LogP contribution in [0.3, 0.4) is 0 Å². The lowest BCUT2D eigenvalue weighted by Crippen LogP contribution is -2.11. The Labute approximate surface area is 96.9 Å². The highest BCUT2D eigenvalue weighted by Gasteiger charge is 2.16. The van der Waals surface area contributed by atoms with Crippen molar-refractivity contribution >= 4 is 22.9 Å². The molecule has 0 fully saturated rings. The van der Waals surface area contributed by atoms with Crippen LogP contribution in [0.2, 0.25) is 5.02 Å². The smallest absolute Gasteiger partial charge is 0.115 e. The van der Waals surface area contributed by atoms with Crippen LogP contribution in [-0.4, -0.2) is 9.97 Å². The largest absolute Gasteiger partial charge is 0.319 e. The van der Waals surface area contributed by atoms with Crippen LogP contribution in [0.15, 0.2) is 24.1 Å². The number of aryl methyl sites for hydroxylation is 1. The molecule has 2 aromatic rings. The van der Waals surface area contributed by atoms with Gasteiger partial charge in [0.2, 0.25) is 0 Å². The molecule has 1 atom stereocenters. The van der Waals surface area contributed by atoms with Crippen LogP contribution in [0, 0.1) is 6.92 Å². The van der Waals surface area contributed by atoms with Gasteiger partial charge in [0, 0.05) is 22.8 Å². The Morgan fingerprint density at radius 3 is 2.60 bits per heavy atom. The van der Waals surface area contributed by atoms with E-state index in [1.807, 2.05) is 12.3 Å². The number of nitrogens with two attached hydrogens (primary N) is 1. The minimum Gasteiger partial charge on any atom is -0.319 e. The number of aromatic nitrogens is 2. The summed E-state index contributed by atoms with van der Waals surface area (Å²) in [6.45, 7) is 1.97. The van der Waals surface area contributed by atoms with Gasteiger partial charge >= 0.3 is 0 Å². The van der Waals surface area contributed by atoms with Gasteiger partial charge in [-0.05, 0) is 17.9 Å². The van der Waals surface area contributed by atoms with Crippen molar-refractivity contribution in [2.75, 3.05) is 0 Å². The van der Waals surface area contributed by atoms with Crippen molar-refractivity contribution in [1.29, 1.82) is 0 Å². The summed E-state index contributed by atoms with van der Waals surface area (Å²) >= 11 is 7.71. The standard InChI is InChI=1S/C10H10ClN3S/c1-6-4-15-10(8(6)11)9(12)7-2-13-5-14-3-7/h2-5,9H,12H2,1H3. The fourth-order valence-electron chi connectivity index (χ4n) is 1.28. The molecule has 0 spiro atoms. The van der Waals surface area contributed by atoms with E-state index in [4.69, 9.17) is 17.3 Å². The maximum Gasteiger partial charge on any atom is 0.115 e. The van der Waals surface area contributed by atoms with Crippen molar-refractivity contribution in [3.63, 3.8) is 0 Å². The predicted molar refractivity (Wildman–Crippen MR) is 62.1 cm³/mol. The summed E-state index contributed by atoms with van der Waals surface area (Å²) in [7, 11) is 0. The maximum atomic E-state index is 6.14. The second-order valence-corrected chi connectivity index (χ2v) is 4.54. The first-order valence-corrected chi connectivity index (χ1v) is 5.70. The number of halogens is 1. The van der Waals surface area contributed by atoms with Crippen LogP contribution < -0.4 is 5.73 Å². The molecule has 2 aromatic heterocycles. The number of nitrogens with zero attached hydrogens (tertiary/aromatic N) is 2. The van der Waals surface area contributed by atoms with Gasteiger partial charge in [0.15, 0.2) is 0 Å². The Kier molecular flexibility index (Phi) is 3.00. The fraction of sp³-hybridized carbons (Fsp3) is 0.200. The molecule has 78 valence electrons. The Morgan fingerprint density at radius 1 is 1.40 bits per heavy atom. The molecule has 0 saturated carbocycles. The molecule has 0 radical (unpaired) electrons. The monoisotopic (exact) mass is 239 g/mol. The molecule has 0 aromatic carbocycles. The van der Waals surface area contributed by atoms with E-state index >= 15 is 0 Å². The summed E-state index contributed by atoms with van der Waals surface area (Å²) in [5.74, 6) is 0. The summed E-state index contributed by atoms with van der Waals surface area (Å²) < 4.78 is 0. The van der Waals surface area contributed by atoms with E-state index in [0.29, 0.717) is 0 Å². The van der Waals surface area contributed by atoms with Gasteiger partial charge in [-0.25, -0.2) is 9.97 Å². The zero-order valence-electron chi connectivity index (χ0n) is 8.14. The molecule has 0 amide bonds. The molecule has 0 saturated heterocycles. The molecule has 0 aliphatic heterocycles. The average molecular weight is 240 g/mol. The number of hydrogen-bond donors (Lipinski definition) is 1. The molecule has 2 rings (SSSR count). The Hall–Kier alpha value is -0.970. The second-order valence-electron chi connectivity index (χ2n) is 3.25. The topological polar surface area (TPSA) is 51.8 Å². The molecule has 0 aliphatic carbocycles. The molecular weight excluding hydrogens is 230 g/mol. The molecule has 0 bridgehead atoms. The Balaban J connectivity index is 2.37. The van der Waals surface area contributed by atoms with E-state index in [-0.39, 0.29) is 6.04 Å². The fourth-order valence-corrected chi connectivity index (χ4v) is 2.62. The zero-order chi connectivity index (χ0) is 10.8. The lowest BCUT2D eigenvalue weighted by atomic mass is 10.1. The van der Waals surface area contributed by atoms with Crippen molar-refractivity contribution < 1.29 is 0 Å². The molecule has 1 unspecified atom stereocenters. The van der Waals surface area contributed by atoms with Crippen molar-refractivity contribution in [1.82, 2.24) is 9.97 Å². The molecule has 0 aliphatic rings. The lowest BCUT2D eigenvalue weighted by molar-refractivity contribution is 0.869. The van der Waals surface area contributed by atoms with E-state index in [9.17, 15) is 0 Å². The lowest BCUT2D eigenvalue weighted by Gasteiger charge is -2.09. The van der Waals surface area contributed by atoms with Crippen LogP contribution in [0.25, 0.3) is 0 Å². The number of hydrogen-bond acceptors (Lipinski definition) is 4. The van der Waals surface area contributed by atoms with Gasteiger partial charge in [-0.2, -0.15) is 0 Å². The van der Waals surface area contributed by atoms with Gasteiger partial charge in [0.1, 0.15) is 6.33 Å². The normalized spacial score (nSPS) is 12.7. The first-order valence-electron chi connectivity index (χ1n) is 4.44. The zero-order valence-corrected chi connectivity index (χ0v) is 9.72. The number of rotatable bonds is 2. The van der Waals surface area contributed by atoms with Crippen LogP contribution in [0.1, 0.15) is 22.0 Å². The van der Waals surface area contributed by atoms with E-state index in [1.165, 1.54) is 6.33 Å². The van der Waals surface area contributed by atoms with Crippen molar-refractivity contribution in [2.45, 2.75) is 13.0 Å². The Morgan fingerprint density at radius 2 is 2.07 bits per heavy atom. The summed E-state index contributed by atoms with van der Waals surface area (Å²) in [5, 5.41) is 2.75. The van der Waals surface area contributed by atoms with Gasteiger partial charge in [-0.15, -0.1) is 11.3 Å². The third kappa shape index (κ3) is 2.02. The summed E-state index contributed by atoms with van der Waals surface area (Å²) in [6.07, 6.45) is 4.91. The van der Waals surface area contributed by atoms with E-state index in [1.54, 1.807) is 23.7 Å². The SMILES string of the molecule is Cc1csc(C(N)c2cncnc2)c1Cl. The molecule has 5 heteroatoms. The third-order valence-electron chi connectivity index (χ3n) is 2.15. The van der Waals surface area contributed by atoms with Gasteiger partial charge in [0.25, 0.3) is 0 Å². The summed E-state index contributed by atoms with van der Waals surface area (Å²) in [6, 6.07) is -0.239. The van der Waals surface area contributed by atoms with Gasteiger partial charge in [-0.1, -0.05) is 11.6 Å². The second kappa shape index (κ2) is 4.26. The molecule has 2 N–H and O–H groups in total. The number of thiophene rings is 1. The van der Waals surface area contributed by atoms with Crippen LogP contribution in [0.5, 0.6) is 0 Å². The Bertz CT molecular complexity index is 455. The first kappa shape index (κ1) is 10.5. The maximum absolute atomic E-state index is 6.14. The summed E-state index contributed by atoms with van der Waals surface area (Å²) in [5.41, 5.74) is 8.01. The van der Waals surface area contributed by atoms with Crippen molar-refractivity contribution in [3.8, 4) is 0 Å². The van der Waals surface area contributed by atoms with Crippen LogP contribution >= 0.6 is 22.9 Å². The molecule has 15 heavy (non-hydrogen) atoms. The van der Waals surface area contributed by atoms with Crippen molar-refractivity contribution in [3.05, 3.63) is 45.1 Å². The minimum atomic E-state index is -0.239. The highest BCUT2D eigenvalue weighted by atomic mass is 35.5. The van der Waals surface area contributed by atoms with E-state index in [2.05, 4.69) is 9.97 Å². The highest BCUT2D eigenvalue weighted by molar-refractivity contribution is 7.10. The van der Waals surface area contributed by atoms with E-state index < -0.39 is 0 Å². The highest BCUT2D eigenvalue weighted by Crippen LogP contribution is 2.33. The van der Waals surface area contributed by atoms with Gasteiger partial charge in [0.05, 0.1) is 11.1 Å². The molecule has 3 nitrogen and oxygen atoms in total. The molecule has 2 heterocycles. The van der Waals surface area contributed by atoms with Crippen LogP contribution in [0.4, 0.5) is 0 Å².